The second kappa shape index (κ2) is 9.28. The summed E-state index contributed by atoms with van der Waals surface area (Å²) in [5.74, 6) is 0.748. The number of benzene rings is 2. The fourth-order valence-electron chi connectivity index (χ4n) is 3.04. The van der Waals surface area contributed by atoms with Crippen molar-refractivity contribution >= 4 is 11.4 Å². The summed E-state index contributed by atoms with van der Waals surface area (Å²) in [6, 6.07) is 17.3. The highest BCUT2D eigenvalue weighted by Gasteiger charge is 2.14. The number of methoxy groups -OCH3 is 1. The Labute approximate surface area is 171 Å². The van der Waals surface area contributed by atoms with Crippen LogP contribution in [0.2, 0.25) is 0 Å². The predicted octanol–water partition coefficient (Wildman–Crippen LogP) is 4.19. The van der Waals surface area contributed by atoms with Crippen LogP contribution in [0, 0.1) is 0 Å². The molecule has 0 atom stereocenters. The Morgan fingerprint density at radius 1 is 1.10 bits per heavy atom. The van der Waals surface area contributed by atoms with E-state index in [1.807, 2.05) is 73.5 Å². The Bertz CT molecular complexity index is 1030. The Morgan fingerprint density at radius 2 is 1.90 bits per heavy atom. The summed E-state index contributed by atoms with van der Waals surface area (Å²) < 4.78 is 6.83. The van der Waals surface area contributed by atoms with Crippen LogP contribution in [0.4, 0.5) is 11.4 Å². The third-order valence-electron chi connectivity index (χ3n) is 4.81. The molecule has 0 saturated heterocycles. The van der Waals surface area contributed by atoms with Crippen LogP contribution in [0.5, 0.6) is 5.75 Å². The van der Waals surface area contributed by atoms with E-state index in [4.69, 9.17) is 4.74 Å². The predicted molar refractivity (Wildman–Crippen MR) is 120 cm³/mol. The standard InChI is InChI=1S/C23H28N4O2/c1-5-13-24-18-10-8-11-19(15-18)27-23(28)22(26(3)6-2)16-21(25-27)17-9-7-12-20(14-17)29-4/h7-12,14-16,24H,5-6,13H2,1-4H3. The molecule has 152 valence electrons. The molecule has 0 saturated carbocycles. The average molecular weight is 393 g/mol. The van der Waals surface area contributed by atoms with Gasteiger partial charge in [0.1, 0.15) is 11.4 Å². The van der Waals surface area contributed by atoms with Crippen LogP contribution < -0.4 is 20.5 Å². The Hall–Kier alpha value is -3.28. The fraction of sp³-hybridized carbons (Fsp3) is 0.304. The molecule has 2 aromatic carbocycles. The van der Waals surface area contributed by atoms with Crippen molar-refractivity contribution in [3.8, 4) is 22.7 Å². The van der Waals surface area contributed by atoms with Gasteiger partial charge in [-0.25, -0.2) is 0 Å². The van der Waals surface area contributed by atoms with Crippen LogP contribution in [0.1, 0.15) is 20.3 Å². The van der Waals surface area contributed by atoms with Gasteiger partial charge in [-0.3, -0.25) is 4.79 Å². The van der Waals surface area contributed by atoms with Crippen LogP contribution in [0.15, 0.2) is 59.4 Å². The van der Waals surface area contributed by atoms with Gasteiger partial charge in [-0.2, -0.15) is 9.78 Å². The highest BCUT2D eigenvalue weighted by atomic mass is 16.5. The van der Waals surface area contributed by atoms with Crippen LogP contribution in [-0.2, 0) is 0 Å². The van der Waals surface area contributed by atoms with E-state index in [1.165, 1.54) is 4.68 Å². The third-order valence-corrected chi connectivity index (χ3v) is 4.81. The lowest BCUT2D eigenvalue weighted by atomic mass is 10.1. The van der Waals surface area contributed by atoms with Gasteiger partial charge in [0, 0.05) is 31.4 Å². The molecule has 0 spiro atoms. The minimum atomic E-state index is -0.145. The van der Waals surface area contributed by atoms with E-state index in [2.05, 4.69) is 17.3 Å². The monoisotopic (exact) mass is 392 g/mol. The first kappa shape index (κ1) is 20.5. The number of rotatable bonds is 8. The van der Waals surface area contributed by atoms with Gasteiger partial charge in [0.15, 0.2) is 0 Å². The van der Waals surface area contributed by atoms with E-state index in [0.717, 1.165) is 42.2 Å². The summed E-state index contributed by atoms with van der Waals surface area (Å²) in [7, 11) is 3.55. The van der Waals surface area contributed by atoms with Crippen molar-refractivity contribution in [2.45, 2.75) is 20.3 Å². The molecular weight excluding hydrogens is 364 g/mol. The molecule has 0 aliphatic rings. The van der Waals surface area contributed by atoms with Crippen LogP contribution >= 0.6 is 0 Å². The second-order valence-corrected chi connectivity index (χ2v) is 6.86. The number of ether oxygens (including phenoxy) is 1. The molecule has 0 fully saturated rings. The largest absolute Gasteiger partial charge is 0.497 e. The average Bonchev–Trinajstić information content (AvgIpc) is 2.77. The quantitative estimate of drug-likeness (QED) is 0.623. The zero-order chi connectivity index (χ0) is 20.8. The van der Waals surface area contributed by atoms with Crippen LogP contribution in [-0.4, -0.2) is 37.0 Å². The third kappa shape index (κ3) is 4.59. The molecule has 1 heterocycles. The molecule has 3 rings (SSSR count). The highest BCUT2D eigenvalue weighted by Crippen LogP contribution is 2.25. The van der Waals surface area contributed by atoms with Crippen molar-refractivity contribution in [1.29, 1.82) is 0 Å². The molecule has 0 aliphatic heterocycles. The topological polar surface area (TPSA) is 59.4 Å². The Morgan fingerprint density at radius 3 is 2.62 bits per heavy atom. The van der Waals surface area contributed by atoms with E-state index in [0.29, 0.717) is 11.4 Å². The lowest BCUT2D eigenvalue weighted by Crippen LogP contribution is -2.30. The number of nitrogens with one attached hydrogen (secondary N) is 1. The van der Waals surface area contributed by atoms with Crippen molar-refractivity contribution in [1.82, 2.24) is 9.78 Å². The summed E-state index contributed by atoms with van der Waals surface area (Å²) in [6.07, 6.45) is 1.03. The fourth-order valence-corrected chi connectivity index (χ4v) is 3.04. The molecular formula is C23H28N4O2. The second-order valence-electron chi connectivity index (χ2n) is 6.86. The molecule has 0 amide bonds. The highest BCUT2D eigenvalue weighted by molar-refractivity contribution is 5.66. The number of hydrogen-bond acceptors (Lipinski definition) is 5. The smallest absolute Gasteiger partial charge is 0.295 e. The Balaban J connectivity index is 2.17. The van der Waals surface area contributed by atoms with Crippen molar-refractivity contribution in [3.63, 3.8) is 0 Å². The number of anilines is 2. The number of hydrogen-bond donors (Lipinski definition) is 1. The summed E-state index contributed by atoms with van der Waals surface area (Å²) in [5, 5.41) is 8.04. The summed E-state index contributed by atoms with van der Waals surface area (Å²) >= 11 is 0. The Kier molecular flexibility index (Phi) is 6.54. The summed E-state index contributed by atoms with van der Waals surface area (Å²) in [6.45, 7) is 5.73. The first-order valence-electron chi connectivity index (χ1n) is 9.91. The van der Waals surface area contributed by atoms with E-state index in [-0.39, 0.29) is 5.56 Å². The van der Waals surface area contributed by atoms with Crippen molar-refractivity contribution in [3.05, 3.63) is 65.0 Å². The molecule has 3 aromatic rings. The van der Waals surface area contributed by atoms with Crippen LogP contribution in [0.25, 0.3) is 16.9 Å². The zero-order valence-electron chi connectivity index (χ0n) is 17.5. The van der Waals surface area contributed by atoms with Gasteiger partial charge in [0.2, 0.25) is 0 Å². The zero-order valence-corrected chi connectivity index (χ0v) is 17.5. The SMILES string of the molecule is CCCNc1cccc(-n2nc(-c3cccc(OC)c3)cc(N(C)CC)c2=O)c1. The van der Waals surface area contributed by atoms with E-state index in [1.54, 1.807) is 7.11 Å². The lowest BCUT2D eigenvalue weighted by Gasteiger charge is -2.19. The van der Waals surface area contributed by atoms with Gasteiger partial charge in [-0.15, -0.1) is 0 Å². The first-order valence-corrected chi connectivity index (χ1v) is 9.91. The summed E-state index contributed by atoms with van der Waals surface area (Å²) in [4.78, 5) is 15.1. The maximum atomic E-state index is 13.2. The van der Waals surface area contributed by atoms with Gasteiger partial charge < -0.3 is 15.0 Å². The first-order chi connectivity index (χ1) is 14.1. The molecule has 0 radical (unpaired) electrons. The molecule has 0 aliphatic carbocycles. The van der Waals surface area contributed by atoms with Crippen molar-refractivity contribution < 1.29 is 4.74 Å². The van der Waals surface area contributed by atoms with Crippen molar-refractivity contribution in [2.75, 3.05) is 37.5 Å². The molecule has 1 N–H and O–H groups in total. The number of nitrogens with zero attached hydrogens (tertiary/aromatic N) is 3. The lowest BCUT2D eigenvalue weighted by molar-refractivity contribution is 0.415. The molecule has 6 nitrogen and oxygen atoms in total. The number of aromatic nitrogens is 2. The molecule has 0 unspecified atom stereocenters. The minimum Gasteiger partial charge on any atom is -0.497 e. The van der Waals surface area contributed by atoms with Gasteiger partial charge >= 0.3 is 0 Å². The molecule has 1 aromatic heterocycles. The molecule has 29 heavy (non-hydrogen) atoms. The van der Waals surface area contributed by atoms with Gasteiger partial charge in [-0.05, 0) is 49.7 Å². The van der Waals surface area contributed by atoms with Crippen LogP contribution in [0.3, 0.4) is 0 Å². The van der Waals surface area contributed by atoms with E-state index in [9.17, 15) is 4.79 Å². The molecule has 6 heteroatoms. The van der Waals surface area contributed by atoms with E-state index < -0.39 is 0 Å². The van der Waals surface area contributed by atoms with Gasteiger partial charge in [0.05, 0.1) is 18.5 Å². The van der Waals surface area contributed by atoms with E-state index >= 15 is 0 Å². The van der Waals surface area contributed by atoms with Crippen molar-refractivity contribution in [2.24, 2.45) is 0 Å². The maximum Gasteiger partial charge on any atom is 0.295 e. The summed E-state index contributed by atoms with van der Waals surface area (Å²) in [5.41, 5.74) is 3.76. The molecule has 0 bridgehead atoms. The maximum absolute atomic E-state index is 13.2. The van der Waals surface area contributed by atoms with Gasteiger partial charge in [-0.1, -0.05) is 25.1 Å². The normalized spacial score (nSPS) is 10.6. The minimum absolute atomic E-state index is 0.145. The van der Waals surface area contributed by atoms with Gasteiger partial charge in [0.25, 0.3) is 5.56 Å².